The number of aromatic amines is 1. The number of para-hydroxylation sites is 2. The minimum Gasteiger partial charge on any atom is -0.503 e. The second-order valence-corrected chi connectivity index (χ2v) is 23.7. The van der Waals surface area contributed by atoms with E-state index in [1.807, 2.05) is 55.6 Å². The number of carbonyl (C=O) groups excluding carboxylic acids is 1. The number of pyridine rings is 1. The Morgan fingerprint density at radius 1 is 0.562 bits per heavy atom. The Morgan fingerprint density at radius 2 is 1.05 bits per heavy atom. The molecule has 6 aromatic carbocycles. The Labute approximate surface area is 617 Å². The summed E-state index contributed by atoms with van der Waals surface area (Å²) in [5.41, 5.74) is 49.2. The average molecular weight is 1570 g/mol. The van der Waals surface area contributed by atoms with Gasteiger partial charge in [0.1, 0.15) is 60.1 Å². The summed E-state index contributed by atoms with van der Waals surface area (Å²) in [6.07, 6.45) is 5.92. The standard InChI is InChI=1S/C12H12N2O3.C12H14N2O2.C10H11NO4.C9H9BrFNO2.C9H10ClNO2.C9H12N2O3.C8H10N2O4.H2O.H2S/c13-10(12(16)17)5-8-6-14(7-15)11-4-2-1-3-9(8)11;1-7-2-3-11-9(4-7)8(6-14-11)5-10(13)12(15)16;11-8(10(14)15)7(9(12)13)6-4-2-1-3-5-6;10-6-2-1-5(7(11)4-6)3-8(12)9(13)14;10-7(8(11)9(12)13)6-4-2-1-3-5-6;10-6-4-2-1-3-5(6)8(12)7(11)9(13)14;9-5(8(13)14)3-10-2-1-6(11)7(12)4-10;;/h1-4,6-7,10H,5,13H2,(H,16,17);2-4,6,10,14H,5,13H2,1H3,(H,15,16);1-5,7-8H,11H2,(H,12,13)(H,14,15);1-2,4,8H,3,12H2,(H,13,14);1-5,7-8H,11H2,(H,12,13);1-4,7-8,12H,10-11H2,(H,13,14);1-2,4-5,12H,3,9H2,(H,13,14);2*1H2/t;;;;;7-,8?;;;/m.....0.../s1. The number of aromatic nitrogens is 3. The van der Waals surface area contributed by atoms with Gasteiger partial charge in [-0.2, -0.15) is 13.5 Å². The van der Waals surface area contributed by atoms with E-state index >= 15 is 0 Å². The maximum Gasteiger partial charge on any atom is 0.323 e. The number of nitrogens with two attached hydrogens (primary N) is 8. The lowest BCUT2D eigenvalue weighted by atomic mass is 9.92. The van der Waals surface area contributed by atoms with Gasteiger partial charge in [-0.3, -0.25) is 52.5 Å². The molecule has 0 aliphatic rings. The largest absolute Gasteiger partial charge is 0.503 e. The number of fused-ring (bicyclic) bond motifs is 2. The van der Waals surface area contributed by atoms with Crippen LogP contribution in [0.4, 0.5) is 10.1 Å². The second kappa shape index (κ2) is 45.2. The minimum absolute atomic E-state index is 0. The van der Waals surface area contributed by atoms with Crippen LogP contribution in [0, 0.1) is 12.7 Å². The maximum atomic E-state index is 13.2. The zero-order chi connectivity index (χ0) is 77.5. The Kier molecular flexibility index (Phi) is 39.7. The fraction of sp³-hybridized carbons (Fsp3) is 0.217. The zero-order valence-electron chi connectivity index (χ0n) is 55.6. The summed E-state index contributed by atoms with van der Waals surface area (Å²) in [6, 6.07) is 34.6. The number of aryl methyl sites for hydroxylation is 1. The van der Waals surface area contributed by atoms with Crippen molar-refractivity contribution in [1.29, 1.82) is 0 Å². The molecule has 9 aromatic rings. The second-order valence-electron chi connectivity index (χ2n) is 22.3. The zero-order valence-corrected chi connectivity index (χ0v) is 59.0. The third-order valence-electron chi connectivity index (χ3n) is 14.6. The number of hydrogen-bond acceptors (Lipinski definition) is 20. The maximum absolute atomic E-state index is 13.2. The molecule has 105 heavy (non-hydrogen) atoms. The number of anilines is 1. The van der Waals surface area contributed by atoms with Gasteiger partial charge < -0.3 is 112 Å². The summed E-state index contributed by atoms with van der Waals surface area (Å²) in [5, 5.41) is 89.2. The van der Waals surface area contributed by atoms with Crippen LogP contribution in [0.5, 0.6) is 5.75 Å². The number of rotatable bonds is 23. The Balaban J connectivity index is 0.000000612. The van der Waals surface area contributed by atoms with Crippen LogP contribution in [0.25, 0.3) is 21.8 Å². The topological polar surface area (TPSA) is 638 Å². The molecule has 3 aromatic heterocycles. The lowest BCUT2D eigenvalue weighted by Gasteiger charge is -2.16. The van der Waals surface area contributed by atoms with Crippen LogP contribution in [0.15, 0.2) is 186 Å². The number of aliphatic hydroxyl groups excluding tert-OH is 1. The molecule has 9 unspecified atom stereocenters. The van der Waals surface area contributed by atoms with E-state index in [0.29, 0.717) is 39.7 Å². The van der Waals surface area contributed by atoms with Crippen LogP contribution in [0.3, 0.4) is 0 Å². The first kappa shape index (κ1) is 92.1. The van der Waals surface area contributed by atoms with Crippen molar-refractivity contribution >= 4 is 123 Å². The summed E-state index contributed by atoms with van der Waals surface area (Å²) < 4.78 is 16.6. The van der Waals surface area contributed by atoms with Gasteiger partial charge >= 0.3 is 47.8 Å². The summed E-state index contributed by atoms with van der Waals surface area (Å²) in [4.78, 5) is 110. The van der Waals surface area contributed by atoms with Gasteiger partial charge in [0.25, 0.3) is 0 Å². The molecule has 10 atom stereocenters. The molecule has 0 bridgehead atoms. The molecular formula is C69H82BrClFN11O21S. The van der Waals surface area contributed by atoms with E-state index < -0.39 is 124 Å². The molecule has 0 amide bonds. The fourth-order valence-electron chi connectivity index (χ4n) is 8.96. The number of hydrogen-bond donors (Lipinski definition) is 19. The van der Waals surface area contributed by atoms with Gasteiger partial charge in [0.2, 0.25) is 11.8 Å². The van der Waals surface area contributed by atoms with E-state index in [-0.39, 0.29) is 38.4 Å². The number of nitrogens with zero attached hydrogens (tertiary/aromatic N) is 2. The van der Waals surface area contributed by atoms with Gasteiger partial charge in [-0.15, -0.1) is 11.6 Å². The highest BCUT2D eigenvalue weighted by Crippen LogP contribution is 2.26. The number of carboxylic acids is 8. The SMILES string of the molecule is Cc1ccc2[nH]cc(CC(N)C(=O)O)c2c1.NC(C(=O)O)C(C(=O)O)c1ccccc1.NC(C(=O)O)C(Cl)c1ccccc1.NC(Cc1ccc(Br)cc1F)C(=O)O.NC(Cc1cn(C=O)c2ccccc12)C(=O)O.NC(Cn1ccc(=O)c(O)c1)C(=O)O.Nc1ccccc1C(O)[C@H](N)C(=O)O.O.S. The van der Waals surface area contributed by atoms with Gasteiger partial charge in [0, 0.05) is 88.7 Å². The van der Waals surface area contributed by atoms with E-state index in [4.69, 9.17) is 103 Å². The van der Waals surface area contributed by atoms with Crippen LogP contribution in [0.2, 0.25) is 0 Å². The predicted octanol–water partition coefficient (Wildman–Crippen LogP) is 3.22. The first-order valence-electron chi connectivity index (χ1n) is 30.2. The van der Waals surface area contributed by atoms with Crippen LogP contribution >= 0.6 is 41.0 Å². The summed E-state index contributed by atoms with van der Waals surface area (Å²) >= 11 is 8.95. The minimum atomic E-state index is -1.44. The molecule has 0 fully saturated rings. The van der Waals surface area contributed by atoms with Gasteiger partial charge in [-0.1, -0.05) is 131 Å². The Morgan fingerprint density at radius 3 is 1.53 bits per heavy atom. The number of carboxylic acid groups (broad SMARTS) is 8. The first-order chi connectivity index (χ1) is 48.4. The Bertz CT molecular complexity index is 4410. The number of aliphatic carboxylic acids is 8. The highest BCUT2D eigenvalue weighted by atomic mass is 79.9. The molecule has 9 rings (SSSR count). The van der Waals surface area contributed by atoms with E-state index in [1.54, 1.807) is 97.2 Å². The van der Waals surface area contributed by atoms with Crippen molar-refractivity contribution in [2.45, 2.75) is 92.4 Å². The predicted molar refractivity (Wildman–Crippen MR) is 396 cm³/mol. The molecule has 0 saturated carbocycles. The van der Waals surface area contributed by atoms with Crippen molar-refractivity contribution < 1.29 is 104 Å². The molecule has 3 heterocycles. The quantitative estimate of drug-likeness (QED) is 0.0248. The van der Waals surface area contributed by atoms with E-state index in [0.717, 1.165) is 56.3 Å². The number of benzene rings is 6. The highest BCUT2D eigenvalue weighted by molar-refractivity contribution is 9.10. The third kappa shape index (κ3) is 29.8. The molecule has 0 saturated heterocycles. The fourth-order valence-corrected chi connectivity index (χ4v) is 9.55. The normalized spacial score (nSPS) is 13.1. The van der Waals surface area contributed by atoms with Crippen LogP contribution in [-0.4, -0.2) is 167 Å². The summed E-state index contributed by atoms with van der Waals surface area (Å²) in [5.74, 6) is -11.3. The van der Waals surface area contributed by atoms with Gasteiger partial charge in [0.15, 0.2) is 5.75 Å². The summed E-state index contributed by atoms with van der Waals surface area (Å²) in [6.45, 7) is 2.01. The first-order valence-corrected chi connectivity index (χ1v) is 31.5. The lowest BCUT2D eigenvalue weighted by Crippen LogP contribution is -2.40. The smallest absolute Gasteiger partial charge is 0.323 e. The number of H-pyrrole nitrogens is 1. The summed E-state index contributed by atoms with van der Waals surface area (Å²) in [7, 11) is 0. The van der Waals surface area contributed by atoms with Gasteiger partial charge in [-0.25, -0.2) is 4.39 Å². The Hall–Kier alpha value is -10.9. The molecule has 0 radical (unpaired) electrons. The van der Waals surface area contributed by atoms with Crippen molar-refractivity contribution in [2.24, 2.45) is 40.1 Å². The van der Waals surface area contributed by atoms with Gasteiger partial charge in [-0.05, 0) is 71.1 Å². The molecule has 36 heteroatoms. The van der Waals surface area contributed by atoms with Crippen molar-refractivity contribution in [3.05, 3.63) is 236 Å². The number of nitrogens with one attached hydrogen (secondary N) is 1. The van der Waals surface area contributed by atoms with E-state index in [9.17, 15) is 57.4 Å². The monoisotopic (exact) mass is 1570 g/mol. The third-order valence-corrected chi connectivity index (χ3v) is 15.6. The molecule has 29 N–H and O–H groups in total. The number of nitrogen functional groups attached to an aromatic ring is 1. The van der Waals surface area contributed by atoms with Crippen molar-refractivity contribution in [1.82, 2.24) is 14.1 Å². The van der Waals surface area contributed by atoms with E-state index in [2.05, 4.69) is 20.9 Å². The van der Waals surface area contributed by atoms with Crippen LogP contribution in [0.1, 0.15) is 56.3 Å². The van der Waals surface area contributed by atoms with Crippen LogP contribution in [-0.2, 0) is 69.0 Å². The van der Waals surface area contributed by atoms with Crippen molar-refractivity contribution in [2.75, 3.05) is 5.73 Å². The lowest BCUT2D eigenvalue weighted by molar-refractivity contribution is -0.146. The van der Waals surface area contributed by atoms with Gasteiger partial charge in [0.05, 0.1) is 10.9 Å². The number of carbonyl (C=O) groups is 9. The molecule has 0 aliphatic carbocycles. The molecule has 0 spiro atoms. The van der Waals surface area contributed by atoms with Crippen LogP contribution < -0.4 is 51.3 Å². The number of alkyl halides is 1. The number of aromatic hydroxyl groups is 1. The van der Waals surface area contributed by atoms with Crippen molar-refractivity contribution in [3.63, 3.8) is 0 Å². The van der Waals surface area contributed by atoms with E-state index in [1.165, 1.54) is 27.5 Å². The van der Waals surface area contributed by atoms with Crippen molar-refractivity contribution in [3.8, 4) is 5.75 Å². The number of aliphatic hydroxyl groups is 1. The molecule has 0 aliphatic heterocycles. The molecule has 32 nitrogen and oxygen atoms in total. The molecule has 566 valence electrons. The molecular weight excluding hydrogens is 1490 g/mol. The highest BCUT2D eigenvalue weighted by Gasteiger charge is 2.32. The average Bonchev–Trinajstić information content (AvgIpc) is 1.67. The number of halogens is 3.